The van der Waals surface area contributed by atoms with Gasteiger partial charge in [0, 0.05) is 6.04 Å². The van der Waals surface area contributed by atoms with Gasteiger partial charge in [0.2, 0.25) is 0 Å². The molecule has 0 spiro atoms. The number of aromatic nitrogens is 2. The minimum Gasteiger partial charge on any atom is -0.469 e. The monoisotopic (exact) mass is 376 g/mol. The van der Waals surface area contributed by atoms with Gasteiger partial charge in [0.25, 0.3) is 0 Å². The summed E-state index contributed by atoms with van der Waals surface area (Å²) in [5.41, 5.74) is 0.428. The number of carbonyl (C=O) groups is 1. The first-order chi connectivity index (χ1) is 12.5. The van der Waals surface area contributed by atoms with Crippen LogP contribution in [0.15, 0.2) is 12.1 Å². The van der Waals surface area contributed by atoms with Crippen molar-refractivity contribution < 1.29 is 23.2 Å². The fourth-order valence-electron chi connectivity index (χ4n) is 3.38. The summed E-state index contributed by atoms with van der Waals surface area (Å²) in [5.74, 6) is -0.137. The number of imidazole rings is 1. The Bertz CT molecular complexity index is 877. The molecular weight excluding hydrogens is 350 g/mol. The summed E-state index contributed by atoms with van der Waals surface area (Å²) in [7, 11) is 0.678. The van der Waals surface area contributed by atoms with Crippen LogP contribution in [-0.4, -0.2) is 41.0 Å². The first-order valence-corrected chi connectivity index (χ1v) is 9.07. The Balaban J connectivity index is 2.06. The Morgan fingerprint density at radius 1 is 1.30 bits per heavy atom. The number of nitrogens with zero attached hydrogens (tertiary/aromatic N) is 2. The van der Waals surface area contributed by atoms with E-state index in [9.17, 15) is 9.18 Å². The quantitative estimate of drug-likeness (QED) is 0.607. The van der Waals surface area contributed by atoms with Crippen molar-refractivity contribution in [3.63, 3.8) is 0 Å². The summed E-state index contributed by atoms with van der Waals surface area (Å²) in [6.45, 7) is 11.5. The molecular formula is C19H26BFN2O4. The van der Waals surface area contributed by atoms with E-state index in [0.717, 1.165) is 0 Å². The van der Waals surface area contributed by atoms with Gasteiger partial charge in [-0.15, -0.1) is 0 Å². The van der Waals surface area contributed by atoms with Gasteiger partial charge in [0.1, 0.15) is 11.3 Å². The zero-order valence-electron chi connectivity index (χ0n) is 16.9. The minimum atomic E-state index is -0.673. The average Bonchev–Trinajstić information content (AvgIpc) is 3.00. The molecule has 2 aromatic rings. The summed E-state index contributed by atoms with van der Waals surface area (Å²) in [6.07, 6.45) is 0.172. The maximum atomic E-state index is 14.8. The van der Waals surface area contributed by atoms with Gasteiger partial charge < -0.3 is 18.6 Å². The van der Waals surface area contributed by atoms with Crippen LogP contribution < -0.4 is 5.46 Å². The second-order valence-corrected chi connectivity index (χ2v) is 8.12. The lowest BCUT2D eigenvalue weighted by Crippen LogP contribution is -2.41. The van der Waals surface area contributed by atoms with Crippen LogP contribution in [0, 0.1) is 12.7 Å². The maximum Gasteiger partial charge on any atom is 0.495 e. The smallest absolute Gasteiger partial charge is 0.469 e. The predicted molar refractivity (Wildman–Crippen MR) is 101 cm³/mol. The van der Waals surface area contributed by atoms with Crippen molar-refractivity contribution in [2.45, 2.75) is 65.2 Å². The van der Waals surface area contributed by atoms with E-state index in [1.807, 2.05) is 45.3 Å². The molecule has 0 aliphatic carbocycles. The Labute approximate surface area is 159 Å². The molecule has 1 aliphatic heterocycles. The van der Waals surface area contributed by atoms with E-state index in [-0.39, 0.29) is 23.9 Å². The van der Waals surface area contributed by atoms with Crippen LogP contribution in [0.1, 0.15) is 52.9 Å². The highest BCUT2D eigenvalue weighted by atomic mass is 19.1. The molecule has 1 fully saturated rings. The molecule has 1 aromatic carbocycles. The maximum absolute atomic E-state index is 14.8. The molecule has 1 aromatic heterocycles. The van der Waals surface area contributed by atoms with Gasteiger partial charge in [0.05, 0.1) is 30.2 Å². The largest absolute Gasteiger partial charge is 0.495 e. The van der Waals surface area contributed by atoms with E-state index >= 15 is 0 Å². The lowest BCUT2D eigenvalue weighted by molar-refractivity contribution is -0.141. The van der Waals surface area contributed by atoms with Gasteiger partial charge in [-0.1, -0.05) is 0 Å². The number of hydrogen-bond acceptors (Lipinski definition) is 5. The highest BCUT2D eigenvalue weighted by Gasteiger charge is 2.52. The van der Waals surface area contributed by atoms with Crippen molar-refractivity contribution in [2.24, 2.45) is 0 Å². The SMILES string of the molecule is COC(=O)CC(C)n1c(C)nc2c(F)cc(B3OC(C)(C)C(C)(C)O3)cc21. The number of rotatable bonds is 4. The highest BCUT2D eigenvalue weighted by molar-refractivity contribution is 6.62. The van der Waals surface area contributed by atoms with Crippen LogP contribution in [0.5, 0.6) is 0 Å². The van der Waals surface area contributed by atoms with Crippen LogP contribution in [0.3, 0.4) is 0 Å². The Morgan fingerprint density at radius 2 is 1.89 bits per heavy atom. The normalized spacial score (nSPS) is 19.5. The second-order valence-electron chi connectivity index (χ2n) is 8.12. The molecule has 0 N–H and O–H groups in total. The highest BCUT2D eigenvalue weighted by Crippen LogP contribution is 2.37. The van der Waals surface area contributed by atoms with Crippen molar-refractivity contribution in [1.82, 2.24) is 9.55 Å². The molecule has 0 saturated carbocycles. The fourth-order valence-corrected chi connectivity index (χ4v) is 3.38. The third-order valence-corrected chi connectivity index (χ3v) is 5.60. The van der Waals surface area contributed by atoms with Crippen molar-refractivity contribution in [2.75, 3.05) is 7.11 Å². The molecule has 1 aliphatic rings. The lowest BCUT2D eigenvalue weighted by atomic mass is 9.79. The summed E-state index contributed by atoms with van der Waals surface area (Å²) < 4.78 is 33.5. The van der Waals surface area contributed by atoms with E-state index in [2.05, 4.69) is 4.98 Å². The molecule has 146 valence electrons. The molecule has 0 amide bonds. The molecule has 8 heteroatoms. The average molecular weight is 376 g/mol. The number of hydrogen-bond donors (Lipinski definition) is 0. The zero-order valence-corrected chi connectivity index (χ0v) is 16.9. The first kappa shape index (κ1) is 19.8. The van der Waals surface area contributed by atoms with Crippen LogP contribution >= 0.6 is 0 Å². The number of fused-ring (bicyclic) bond motifs is 1. The molecule has 2 heterocycles. The molecule has 0 radical (unpaired) electrons. The zero-order chi connectivity index (χ0) is 20.1. The third kappa shape index (κ3) is 3.36. The minimum absolute atomic E-state index is 0.172. The number of benzene rings is 1. The van der Waals surface area contributed by atoms with E-state index in [1.165, 1.54) is 13.2 Å². The molecule has 1 saturated heterocycles. The van der Waals surface area contributed by atoms with Gasteiger partial charge in [-0.05, 0) is 59.1 Å². The number of aryl methyl sites for hydroxylation is 1. The van der Waals surface area contributed by atoms with Crippen molar-refractivity contribution in [1.29, 1.82) is 0 Å². The van der Waals surface area contributed by atoms with Crippen LogP contribution in [-0.2, 0) is 18.8 Å². The standard InChI is InChI=1S/C19H26BFN2O4/c1-11(8-16(24)25-7)23-12(2)22-17-14(21)9-13(10-15(17)23)20-26-18(3,4)19(5,6)27-20/h9-11H,8H2,1-7H3. The number of halogens is 1. The lowest BCUT2D eigenvalue weighted by Gasteiger charge is -2.32. The Hall–Kier alpha value is -1.93. The molecule has 3 rings (SSSR count). The molecule has 1 atom stereocenters. The first-order valence-electron chi connectivity index (χ1n) is 9.07. The van der Waals surface area contributed by atoms with Crippen molar-refractivity contribution >= 4 is 29.6 Å². The summed E-state index contributed by atoms with van der Waals surface area (Å²) in [5, 5.41) is 0. The molecule has 27 heavy (non-hydrogen) atoms. The Kier molecular flexibility index (Phi) is 4.85. The van der Waals surface area contributed by atoms with Crippen molar-refractivity contribution in [3.05, 3.63) is 23.8 Å². The number of ether oxygens (including phenoxy) is 1. The predicted octanol–water partition coefficient (Wildman–Crippen LogP) is 2.91. The topological polar surface area (TPSA) is 62.6 Å². The molecule has 6 nitrogen and oxygen atoms in total. The summed E-state index contributed by atoms with van der Waals surface area (Å²) in [6, 6.07) is 3.01. The van der Waals surface area contributed by atoms with E-state index < -0.39 is 24.1 Å². The van der Waals surface area contributed by atoms with Gasteiger partial charge in [-0.3, -0.25) is 4.79 Å². The van der Waals surface area contributed by atoms with Gasteiger partial charge in [-0.2, -0.15) is 0 Å². The number of esters is 1. The van der Waals surface area contributed by atoms with Gasteiger partial charge in [-0.25, -0.2) is 9.37 Å². The number of carbonyl (C=O) groups excluding carboxylic acids is 1. The van der Waals surface area contributed by atoms with E-state index in [4.69, 9.17) is 14.0 Å². The van der Waals surface area contributed by atoms with Crippen LogP contribution in [0.4, 0.5) is 4.39 Å². The van der Waals surface area contributed by atoms with E-state index in [0.29, 0.717) is 16.8 Å². The van der Waals surface area contributed by atoms with Gasteiger partial charge in [0.15, 0.2) is 5.82 Å². The van der Waals surface area contributed by atoms with E-state index in [1.54, 1.807) is 6.92 Å². The third-order valence-electron chi connectivity index (χ3n) is 5.60. The molecule has 1 unspecified atom stereocenters. The molecule has 0 bridgehead atoms. The van der Waals surface area contributed by atoms with Crippen LogP contribution in [0.2, 0.25) is 0 Å². The Morgan fingerprint density at radius 3 is 2.44 bits per heavy atom. The van der Waals surface area contributed by atoms with Crippen molar-refractivity contribution in [3.8, 4) is 0 Å². The van der Waals surface area contributed by atoms with Gasteiger partial charge >= 0.3 is 13.1 Å². The summed E-state index contributed by atoms with van der Waals surface area (Å²) in [4.78, 5) is 16.0. The number of methoxy groups -OCH3 is 1. The second kappa shape index (κ2) is 6.60. The van der Waals surface area contributed by atoms with Crippen LogP contribution in [0.25, 0.3) is 11.0 Å². The fraction of sp³-hybridized carbons (Fsp3) is 0.579. The summed E-state index contributed by atoms with van der Waals surface area (Å²) >= 11 is 0.